The quantitative estimate of drug-likeness (QED) is 0.628. The van der Waals surface area contributed by atoms with E-state index in [4.69, 9.17) is 0 Å². The predicted molar refractivity (Wildman–Crippen MR) is 63.9 cm³/mol. The van der Waals surface area contributed by atoms with Gasteiger partial charge in [0.2, 0.25) is 0 Å². The minimum Gasteiger partial charge on any atom is -0.294 e. The summed E-state index contributed by atoms with van der Waals surface area (Å²) in [6, 6.07) is 5.99. The van der Waals surface area contributed by atoms with Crippen LogP contribution in [-0.4, -0.2) is 16.6 Å². The topological polar surface area (TPSA) is 47.0 Å². The van der Waals surface area contributed by atoms with Crippen LogP contribution >= 0.6 is 0 Å². The van der Waals surface area contributed by atoms with Crippen molar-refractivity contribution in [3.05, 3.63) is 65.5 Å². The van der Waals surface area contributed by atoms with E-state index in [9.17, 15) is 18.4 Å². The predicted octanol–water partition coefficient (Wildman–Crippen LogP) is 2.82. The molecule has 0 radical (unpaired) electrons. The summed E-state index contributed by atoms with van der Waals surface area (Å²) < 4.78 is 26.7. The molecule has 0 aliphatic carbocycles. The van der Waals surface area contributed by atoms with Crippen molar-refractivity contribution in [1.82, 2.24) is 4.98 Å². The number of carbonyl (C=O) groups is 2. The zero-order valence-electron chi connectivity index (χ0n) is 9.77. The van der Waals surface area contributed by atoms with Crippen molar-refractivity contribution in [1.29, 1.82) is 0 Å². The number of nitrogens with zero attached hydrogens (tertiary/aromatic N) is 1. The van der Waals surface area contributed by atoms with Crippen LogP contribution in [0.25, 0.3) is 0 Å². The molecule has 0 atom stereocenters. The maximum absolute atomic E-state index is 13.4. The van der Waals surface area contributed by atoms with Crippen molar-refractivity contribution in [2.24, 2.45) is 0 Å². The van der Waals surface area contributed by atoms with Crippen molar-refractivity contribution in [3.63, 3.8) is 0 Å². The average Bonchev–Trinajstić information content (AvgIpc) is 2.39. The first-order valence-electron chi connectivity index (χ1n) is 5.50. The summed E-state index contributed by atoms with van der Waals surface area (Å²) in [7, 11) is 0. The maximum Gasteiger partial charge on any atom is 0.176 e. The molecule has 0 unspecified atom stereocenters. The second-order valence-corrected chi connectivity index (χ2v) is 3.86. The molecule has 19 heavy (non-hydrogen) atoms. The van der Waals surface area contributed by atoms with Crippen LogP contribution in [0.2, 0.25) is 0 Å². The normalized spacial score (nSPS) is 10.2. The molecular weight excluding hydrogens is 252 g/mol. The Balaban J connectivity index is 2.21. The Bertz CT molecular complexity index is 606. The molecule has 0 aliphatic rings. The van der Waals surface area contributed by atoms with Gasteiger partial charge in [-0.25, -0.2) is 8.78 Å². The van der Waals surface area contributed by atoms with E-state index in [1.165, 1.54) is 24.5 Å². The number of benzene rings is 1. The molecule has 3 nitrogen and oxygen atoms in total. The minimum absolute atomic E-state index is 0.278. The number of ketones is 2. The Morgan fingerprint density at radius 1 is 0.947 bits per heavy atom. The summed E-state index contributed by atoms with van der Waals surface area (Å²) in [5, 5.41) is 0. The lowest BCUT2D eigenvalue weighted by Crippen LogP contribution is -2.12. The molecule has 2 aromatic rings. The van der Waals surface area contributed by atoms with E-state index in [-0.39, 0.29) is 5.56 Å². The summed E-state index contributed by atoms with van der Waals surface area (Å²) >= 11 is 0. The Hall–Kier alpha value is -2.43. The van der Waals surface area contributed by atoms with E-state index in [2.05, 4.69) is 4.98 Å². The molecule has 2 rings (SSSR count). The highest BCUT2D eigenvalue weighted by Crippen LogP contribution is 2.15. The van der Waals surface area contributed by atoms with Crippen molar-refractivity contribution in [3.8, 4) is 0 Å². The average molecular weight is 261 g/mol. The van der Waals surface area contributed by atoms with E-state index < -0.39 is 35.2 Å². The van der Waals surface area contributed by atoms with Gasteiger partial charge in [0.05, 0.1) is 12.0 Å². The number of Topliss-reactive ketones (excluding diaryl/α,β-unsaturated/α-hetero) is 2. The van der Waals surface area contributed by atoms with E-state index in [1.807, 2.05) is 0 Å². The van der Waals surface area contributed by atoms with Crippen molar-refractivity contribution in [2.45, 2.75) is 6.42 Å². The fourth-order valence-corrected chi connectivity index (χ4v) is 1.64. The second-order valence-electron chi connectivity index (χ2n) is 3.86. The third-order valence-electron chi connectivity index (χ3n) is 2.57. The lowest BCUT2D eigenvalue weighted by molar-refractivity contribution is 0.0890. The summed E-state index contributed by atoms with van der Waals surface area (Å²) in [6.07, 6.45) is 2.23. The third-order valence-corrected chi connectivity index (χ3v) is 2.57. The number of halogens is 2. The smallest absolute Gasteiger partial charge is 0.176 e. The molecule has 0 spiro atoms. The van der Waals surface area contributed by atoms with Crippen LogP contribution in [0.5, 0.6) is 0 Å². The van der Waals surface area contributed by atoms with Gasteiger partial charge in [-0.1, -0.05) is 6.07 Å². The Morgan fingerprint density at radius 2 is 1.53 bits per heavy atom. The van der Waals surface area contributed by atoms with Gasteiger partial charge < -0.3 is 0 Å². The zero-order valence-corrected chi connectivity index (χ0v) is 9.77. The number of hydrogen-bond acceptors (Lipinski definition) is 3. The molecule has 96 valence electrons. The van der Waals surface area contributed by atoms with Crippen LogP contribution in [-0.2, 0) is 0 Å². The van der Waals surface area contributed by atoms with Crippen molar-refractivity contribution >= 4 is 11.6 Å². The highest BCUT2D eigenvalue weighted by atomic mass is 19.1. The van der Waals surface area contributed by atoms with Crippen molar-refractivity contribution < 1.29 is 18.4 Å². The van der Waals surface area contributed by atoms with Crippen LogP contribution in [0.3, 0.4) is 0 Å². The maximum atomic E-state index is 13.4. The fourth-order valence-electron chi connectivity index (χ4n) is 1.64. The van der Waals surface area contributed by atoms with Gasteiger partial charge in [-0.15, -0.1) is 0 Å². The first kappa shape index (κ1) is 13.0. The number of rotatable bonds is 4. The van der Waals surface area contributed by atoms with Gasteiger partial charge in [0.25, 0.3) is 0 Å². The largest absolute Gasteiger partial charge is 0.294 e. The SMILES string of the molecule is O=C(CC(=O)c1c(F)cccc1F)c1ccncc1. The summed E-state index contributed by atoms with van der Waals surface area (Å²) in [6.45, 7) is 0. The number of carbonyl (C=O) groups excluding carboxylic acids is 2. The molecule has 0 bridgehead atoms. The van der Waals surface area contributed by atoms with Gasteiger partial charge in [0.1, 0.15) is 11.6 Å². The zero-order chi connectivity index (χ0) is 13.8. The number of pyridine rings is 1. The lowest BCUT2D eigenvalue weighted by Gasteiger charge is -2.03. The fraction of sp³-hybridized carbons (Fsp3) is 0.0714. The number of aromatic nitrogens is 1. The standard InChI is InChI=1S/C14H9F2NO2/c15-10-2-1-3-11(16)14(10)13(19)8-12(18)9-4-6-17-7-5-9/h1-7H,8H2. The molecule has 1 heterocycles. The van der Waals surface area contributed by atoms with Gasteiger partial charge in [-0.3, -0.25) is 14.6 Å². The second kappa shape index (κ2) is 5.48. The van der Waals surface area contributed by atoms with Gasteiger partial charge in [0, 0.05) is 18.0 Å². The van der Waals surface area contributed by atoms with Gasteiger partial charge in [0.15, 0.2) is 11.6 Å². The first-order valence-corrected chi connectivity index (χ1v) is 5.50. The third kappa shape index (κ3) is 2.88. The first-order chi connectivity index (χ1) is 9.09. The van der Waals surface area contributed by atoms with Gasteiger partial charge in [-0.2, -0.15) is 0 Å². The van der Waals surface area contributed by atoms with E-state index in [0.29, 0.717) is 0 Å². The van der Waals surface area contributed by atoms with Crippen LogP contribution in [0, 0.1) is 11.6 Å². The molecule has 0 aliphatic heterocycles. The Morgan fingerprint density at radius 3 is 2.11 bits per heavy atom. The van der Waals surface area contributed by atoms with Crippen LogP contribution in [0.15, 0.2) is 42.7 Å². The monoisotopic (exact) mass is 261 g/mol. The van der Waals surface area contributed by atoms with E-state index in [0.717, 1.165) is 18.2 Å². The summed E-state index contributed by atoms with van der Waals surface area (Å²) in [4.78, 5) is 27.2. The molecular formula is C14H9F2NO2. The highest BCUT2D eigenvalue weighted by molar-refractivity contribution is 6.13. The van der Waals surface area contributed by atoms with Gasteiger partial charge in [-0.05, 0) is 24.3 Å². The molecule has 0 N–H and O–H groups in total. The molecule has 0 saturated heterocycles. The molecule has 0 fully saturated rings. The number of hydrogen-bond donors (Lipinski definition) is 0. The lowest BCUT2D eigenvalue weighted by atomic mass is 10.0. The minimum atomic E-state index is -0.965. The Labute approximate surface area is 107 Å². The molecule has 1 aromatic heterocycles. The Kier molecular flexibility index (Phi) is 3.75. The van der Waals surface area contributed by atoms with Crippen molar-refractivity contribution in [2.75, 3.05) is 0 Å². The van der Waals surface area contributed by atoms with Crippen LogP contribution < -0.4 is 0 Å². The van der Waals surface area contributed by atoms with E-state index >= 15 is 0 Å². The molecule has 5 heteroatoms. The van der Waals surface area contributed by atoms with Crippen LogP contribution in [0.4, 0.5) is 8.78 Å². The summed E-state index contributed by atoms with van der Waals surface area (Å²) in [5.41, 5.74) is -0.398. The highest BCUT2D eigenvalue weighted by Gasteiger charge is 2.20. The molecule has 0 amide bonds. The summed E-state index contributed by atoms with van der Waals surface area (Å²) in [5.74, 6) is -3.31. The van der Waals surface area contributed by atoms with Gasteiger partial charge >= 0.3 is 0 Å². The molecule has 1 aromatic carbocycles. The molecule has 0 saturated carbocycles. The van der Waals surface area contributed by atoms with E-state index in [1.54, 1.807) is 0 Å². The van der Waals surface area contributed by atoms with Crippen LogP contribution in [0.1, 0.15) is 27.1 Å².